The van der Waals surface area contributed by atoms with Gasteiger partial charge in [-0.25, -0.2) is 4.39 Å². The van der Waals surface area contributed by atoms with Crippen molar-refractivity contribution in [1.82, 2.24) is 4.90 Å². The van der Waals surface area contributed by atoms with Crippen molar-refractivity contribution in [2.75, 3.05) is 19.0 Å². The van der Waals surface area contributed by atoms with Gasteiger partial charge in [0.15, 0.2) is 0 Å². The third-order valence-corrected chi connectivity index (χ3v) is 2.72. The number of hydrogen-bond donors (Lipinski definition) is 0. The molecule has 0 unspecified atom stereocenters. The first kappa shape index (κ1) is 14.0. The molecule has 0 bridgehead atoms. The molecular weight excluding hydrogens is 241 g/mol. The van der Waals surface area contributed by atoms with E-state index in [-0.39, 0.29) is 11.7 Å². The molecular formula is C13H17ClFNO. The van der Waals surface area contributed by atoms with Crippen LogP contribution in [-0.4, -0.2) is 29.8 Å². The van der Waals surface area contributed by atoms with Crippen LogP contribution in [-0.2, 0) is 0 Å². The molecule has 0 aliphatic rings. The predicted molar refractivity (Wildman–Crippen MR) is 68.1 cm³/mol. The van der Waals surface area contributed by atoms with Gasteiger partial charge in [0.05, 0.1) is 0 Å². The largest absolute Gasteiger partial charge is 0.337 e. The Bertz CT molecular complexity index is 389. The highest BCUT2D eigenvalue weighted by Gasteiger charge is 2.15. The fourth-order valence-corrected chi connectivity index (χ4v) is 1.80. The van der Waals surface area contributed by atoms with Gasteiger partial charge in [-0.2, -0.15) is 0 Å². The van der Waals surface area contributed by atoms with Crippen LogP contribution in [0.1, 0.15) is 29.3 Å². The minimum absolute atomic E-state index is 0.161. The Morgan fingerprint density at radius 2 is 2.12 bits per heavy atom. The molecule has 0 radical (unpaired) electrons. The van der Waals surface area contributed by atoms with Crippen LogP contribution in [0.5, 0.6) is 0 Å². The minimum Gasteiger partial charge on any atom is -0.337 e. The number of nitrogens with zero attached hydrogens (tertiary/aromatic N) is 1. The van der Waals surface area contributed by atoms with Crippen LogP contribution in [0.2, 0.25) is 0 Å². The first-order valence-corrected chi connectivity index (χ1v) is 6.25. The van der Waals surface area contributed by atoms with E-state index in [0.29, 0.717) is 30.1 Å². The van der Waals surface area contributed by atoms with Crippen molar-refractivity contribution in [3.8, 4) is 0 Å². The zero-order valence-electron chi connectivity index (χ0n) is 10.2. The first-order valence-electron chi connectivity index (χ1n) is 5.71. The van der Waals surface area contributed by atoms with E-state index in [1.807, 2.05) is 6.92 Å². The van der Waals surface area contributed by atoms with Gasteiger partial charge in [0, 0.05) is 24.5 Å². The second kappa shape index (κ2) is 6.60. The van der Waals surface area contributed by atoms with Gasteiger partial charge in [0.2, 0.25) is 0 Å². The van der Waals surface area contributed by atoms with Crippen molar-refractivity contribution in [3.63, 3.8) is 0 Å². The van der Waals surface area contributed by atoms with Crippen LogP contribution in [0.3, 0.4) is 0 Å². The highest BCUT2D eigenvalue weighted by atomic mass is 35.5. The average molecular weight is 258 g/mol. The Morgan fingerprint density at radius 3 is 2.65 bits per heavy atom. The second-order valence-corrected chi connectivity index (χ2v) is 4.32. The zero-order chi connectivity index (χ0) is 12.8. The van der Waals surface area contributed by atoms with Crippen LogP contribution >= 0.6 is 11.6 Å². The number of halogens is 2. The lowest BCUT2D eigenvalue weighted by Crippen LogP contribution is -2.33. The van der Waals surface area contributed by atoms with Gasteiger partial charge in [-0.15, -0.1) is 11.6 Å². The molecule has 0 N–H and O–H groups in total. The molecule has 0 saturated carbocycles. The Labute approximate surface area is 106 Å². The highest BCUT2D eigenvalue weighted by molar-refractivity contribution is 6.18. The number of rotatable bonds is 5. The van der Waals surface area contributed by atoms with E-state index in [1.165, 1.54) is 6.07 Å². The molecule has 0 aliphatic heterocycles. The molecule has 17 heavy (non-hydrogen) atoms. The maximum Gasteiger partial charge on any atom is 0.253 e. The number of hydrogen-bond acceptors (Lipinski definition) is 1. The van der Waals surface area contributed by atoms with Gasteiger partial charge in [-0.1, -0.05) is 13.0 Å². The quantitative estimate of drug-likeness (QED) is 0.742. The third kappa shape index (κ3) is 3.70. The van der Waals surface area contributed by atoms with Crippen LogP contribution in [0.25, 0.3) is 0 Å². The van der Waals surface area contributed by atoms with Crippen molar-refractivity contribution in [3.05, 3.63) is 35.1 Å². The molecule has 1 rings (SSSR count). The van der Waals surface area contributed by atoms with Gasteiger partial charge >= 0.3 is 0 Å². The molecule has 94 valence electrons. The van der Waals surface area contributed by atoms with E-state index in [2.05, 4.69) is 0 Å². The topological polar surface area (TPSA) is 20.3 Å². The summed E-state index contributed by atoms with van der Waals surface area (Å²) in [5, 5.41) is 0. The normalized spacial score (nSPS) is 10.4. The summed E-state index contributed by atoms with van der Waals surface area (Å²) in [5.74, 6) is -0.121. The fourth-order valence-electron chi connectivity index (χ4n) is 1.60. The SMILES string of the molecule is CCCN(CCCl)C(=O)c1ccc(C)c(F)c1. The molecule has 2 nitrogen and oxygen atoms in total. The van der Waals surface area contributed by atoms with Crippen LogP contribution in [0.15, 0.2) is 18.2 Å². The molecule has 0 heterocycles. The summed E-state index contributed by atoms with van der Waals surface area (Å²) in [6.45, 7) is 4.79. The summed E-state index contributed by atoms with van der Waals surface area (Å²) in [5.41, 5.74) is 0.924. The van der Waals surface area contributed by atoms with Crippen molar-refractivity contribution < 1.29 is 9.18 Å². The maximum absolute atomic E-state index is 13.4. The van der Waals surface area contributed by atoms with Crippen LogP contribution < -0.4 is 0 Å². The Morgan fingerprint density at radius 1 is 1.41 bits per heavy atom. The summed E-state index contributed by atoms with van der Waals surface area (Å²) < 4.78 is 13.4. The van der Waals surface area contributed by atoms with E-state index in [9.17, 15) is 9.18 Å². The van der Waals surface area contributed by atoms with E-state index >= 15 is 0 Å². The predicted octanol–water partition coefficient (Wildman–Crippen LogP) is 3.23. The molecule has 0 aliphatic carbocycles. The standard InChI is InChI=1S/C13H17ClFNO/c1-3-7-16(8-6-14)13(17)11-5-4-10(2)12(15)9-11/h4-5,9H,3,6-8H2,1-2H3. The van der Waals surface area contributed by atoms with E-state index in [1.54, 1.807) is 24.0 Å². The van der Waals surface area contributed by atoms with Crippen LogP contribution in [0, 0.1) is 12.7 Å². The summed E-state index contributed by atoms with van der Waals surface area (Å²) in [4.78, 5) is 13.7. The minimum atomic E-state index is -0.349. The molecule has 0 saturated heterocycles. The Balaban J connectivity index is 2.88. The molecule has 1 amide bonds. The number of alkyl halides is 1. The first-order chi connectivity index (χ1) is 8.10. The monoisotopic (exact) mass is 257 g/mol. The van der Waals surface area contributed by atoms with Gasteiger partial charge in [0.1, 0.15) is 5.82 Å². The lowest BCUT2D eigenvalue weighted by Gasteiger charge is -2.21. The second-order valence-electron chi connectivity index (χ2n) is 3.95. The van der Waals surface area contributed by atoms with Gasteiger partial charge < -0.3 is 4.90 Å². The van der Waals surface area contributed by atoms with Crippen molar-refractivity contribution in [2.45, 2.75) is 20.3 Å². The Kier molecular flexibility index (Phi) is 5.42. The summed E-state index contributed by atoms with van der Waals surface area (Å²) >= 11 is 5.65. The van der Waals surface area contributed by atoms with Gasteiger partial charge in [-0.05, 0) is 31.0 Å². The van der Waals surface area contributed by atoms with E-state index < -0.39 is 0 Å². The summed E-state index contributed by atoms with van der Waals surface area (Å²) in [7, 11) is 0. The number of aryl methyl sites for hydroxylation is 1. The summed E-state index contributed by atoms with van der Waals surface area (Å²) in [6.07, 6.45) is 0.858. The molecule has 0 atom stereocenters. The fraction of sp³-hybridized carbons (Fsp3) is 0.462. The highest BCUT2D eigenvalue weighted by Crippen LogP contribution is 2.12. The molecule has 0 aromatic heterocycles. The molecule has 1 aromatic carbocycles. The lowest BCUT2D eigenvalue weighted by molar-refractivity contribution is 0.0765. The molecule has 4 heteroatoms. The lowest BCUT2D eigenvalue weighted by atomic mass is 10.1. The van der Waals surface area contributed by atoms with E-state index in [4.69, 9.17) is 11.6 Å². The zero-order valence-corrected chi connectivity index (χ0v) is 10.9. The van der Waals surface area contributed by atoms with Crippen molar-refractivity contribution >= 4 is 17.5 Å². The smallest absolute Gasteiger partial charge is 0.253 e. The third-order valence-electron chi connectivity index (χ3n) is 2.55. The van der Waals surface area contributed by atoms with E-state index in [0.717, 1.165) is 6.42 Å². The molecule has 0 fully saturated rings. The average Bonchev–Trinajstić information content (AvgIpc) is 2.31. The Hall–Kier alpha value is -1.09. The number of amides is 1. The number of benzene rings is 1. The van der Waals surface area contributed by atoms with Crippen molar-refractivity contribution in [2.24, 2.45) is 0 Å². The molecule has 1 aromatic rings. The van der Waals surface area contributed by atoms with Gasteiger partial charge in [-0.3, -0.25) is 4.79 Å². The summed E-state index contributed by atoms with van der Waals surface area (Å²) in [6, 6.07) is 4.56. The number of carbonyl (C=O) groups excluding carboxylic acids is 1. The van der Waals surface area contributed by atoms with Crippen molar-refractivity contribution in [1.29, 1.82) is 0 Å². The van der Waals surface area contributed by atoms with Gasteiger partial charge in [0.25, 0.3) is 5.91 Å². The van der Waals surface area contributed by atoms with Crippen LogP contribution in [0.4, 0.5) is 4.39 Å². The number of carbonyl (C=O) groups is 1. The molecule has 0 spiro atoms. The maximum atomic E-state index is 13.4.